The van der Waals surface area contributed by atoms with Crippen LogP contribution < -0.4 is 9.47 Å². The molecule has 2 rings (SSSR count). The molecule has 128 valence electrons. The summed E-state index contributed by atoms with van der Waals surface area (Å²) in [6.45, 7) is 8.29. The van der Waals surface area contributed by atoms with Gasteiger partial charge in [-0.2, -0.15) is 0 Å². The fourth-order valence-electron chi connectivity index (χ4n) is 2.10. The van der Waals surface area contributed by atoms with E-state index >= 15 is 0 Å². The fourth-order valence-corrected chi connectivity index (χ4v) is 2.10. The number of aliphatic hydroxyl groups excluding tert-OH is 1. The highest BCUT2D eigenvalue weighted by atomic mass is 16.7. The van der Waals surface area contributed by atoms with Crippen LogP contribution in [0.3, 0.4) is 0 Å². The van der Waals surface area contributed by atoms with Crippen molar-refractivity contribution in [3.8, 4) is 11.5 Å². The van der Waals surface area contributed by atoms with Crippen molar-refractivity contribution in [2.75, 3.05) is 13.2 Å². The van der Waals surface area contributed by atoms with Gasteiger partial charge in [-0.25, -0.2) is 0 Å². The van der Waals surface area contributed by atoms with E-state index in [4.69, 9.17) is 14.2 Å². The number of para-hydroxylation sites is 1. The Hall–Kier alpha value is -2.30. The lowest BCUT2D eigenvalue weighted by molar-refractivity contribution is -0.0739. The first kappa shape index (κ1) is 18.0. The largest absolute Gasteiger partial charge is 0.491 e. The van der Waals surface area contributed by atoms with E-state index in [1.807, 2.05) is 61.5 Å². The molecule has 0 saturated heterocycles. The van der Waals surface area contributed by atoms with Gasteiger partial charge in [0.25, 0.3) is 0 Å². The first-order chi connectivity index (χ1) is 11.6. The second kappa shape index (κ2) is 9.11. The minimum atomic E-state index is -0.566. The summed E-state index contributed by atoms with van der Waals surface area (Å²) in [7, 11) is 0. The molecule has 2 unspecified atom stereocenters. The van der Waals surface area contributed by atoms with Gasteiger partial charge in [0.15, 0.2) is 6.29 Å². The summed E-state index contributed by atoms with van der Waals surface area (Å²) in [5, 5.41) is 9.53. The van der Waals surface area contributed by atoms with E-state index in [2.05, 4.69) is 6.58 Å². The molecule has 2 aromatic rings. The van der Waals surface area contributed by atoms with Gasteiger partial charge in [-0.15, -0.1) is 0 Å². The van der Waals surface area contributed by atoms with Crippen molar-refractivity contribution in [3.05, 3.63) is 66.7 Å². The van der Waals surface area contributed by atoms with Crippen molar-refractivity contribution in [2.24, 2.45) is 0 Å². The second-order valence-corrected chi connectivity index (χ2v) is 5.44. The molecule has 0 bridgehead atoms. The van der Waals surface area contributed by atoms with E-state index in [-0.39, 0.29) is 6.29 Å². The van der Waals surface area contributed by atoms with Crippen LogP contribution in [-0.4, -0.2) is 30.7 Å². The van der Waals surface area contributed by atoms with Crippen LogP contribution in [0.2, 0.25) is 0 Å². The highest BCUT2D eigenvalue weighted by Gasteiger charge is 2.07. The van der Waals surface area contributed by atoms with E-state index in [1.165, 1.54) is 0 Å². The van der Waals surface area contributed by atoms with Crippen LogP contribution in [0.1, 0.15) is 19.4 Å². The Morgan fingerprint density at radius 1 is 0.958 bits per heavy atom. The van der Waals surface area contributed by atoms with Crippen LogP contribution in [0, 0.1) is 0 Å². The fraction of sp³-hybridized carbons (Fsp3) is 0.300. The highest BCUT2D eigenvalue weighted by Crippen LogP contribution is 2.20. The maximum absolute atomic E-state index is 9.53. The molecule has 0 aliphatic carbocycles. The lowest BCUT2D eigenvalue weighted by atomic mass is 10.0. The van der Waals surface area contributed by atoms with Gasteiger partial charge in [0.05, 0.1) is 12.7 Å². The standard InChI is InChI=1S/C20H24O4/c1-15(16(2)21)18-9-11-20(12-10-18)24-17(3)22-13-14-23-19-7-5-4-6-8-19/h4-12,16-17,21H,1,13-14H2,2-3H3. The van der Waals surface area contributed by atoms with Crippen molar-refractivity contribution in [2.45, 2.75) is 26.2 Å². The summed E-state index contributed by atoms with van der Waals surface area (Å²) in [5.74, 6) is 1.53. The molecule has 0 aliphatic rings. The average molecular weight is 328 g/mol. The Balaban J connectivity index is 1.72. The van der Waals surface area contributed by atoms with Gasteiger partial charge in [-0.1, -0.05) is 36.9 Å². The molecular formula is C20H24O4. The Bertz CT molecular complexity index is 620. The lowest BCUT2D eigenvalue weighted by Crippen LogP contribution is -2.19. The van der Waals surface area contributed by atoms with Crippen molar-refractivity contribution < 1.29 is 19.3 Å². The van der Waals surface area contributed by atoms with E-state index in [0.29, 0.717) is 24.5 Å². The number of hydrogen-bond donors (Lipinski definition) is 1. The van der Waals surface area contributed by atoms with Crippen LogP contribution in [0.25, 0.3) is 5.57 Å². The highest BCUT2D eigenvalue weighted by molar-refractivity contribution is 5.66. The SMILES string of the molecule is C=C(c1ccc(OC(C)OCCOc2ccccc2)cc1)C(C)O. The summed E-state index contributed by atoms with van der Waals surface area (Å²) >= 11 is 0. The Labute approximate surface area is 143 Å². The van der Waals surface area contributed by atoms with Gasteiger partial charge in [-0.3, -0.25) is 0 Å². The topological polar surface area (TPSA) is 47.9 Å². The van der Waals surface area contributed by atoms with Crippen LogP contribution in [0.5, 0.6) is 11.5 Å². The van der Waals surface area contributed by atoms with Crippen LogP contribution in [0.15, 0.2) is 61.2 Å². The molecule has 0 radical (unpaired) electrons. The molecule has 4 heteroatoms. The maximum atomic E-state index is 9.53. The van der Waals surface area contributed by atoms with Gasteiger partial charge >= 0.3 is 0 Å². The van der Waals surface area contributed by atoms with E-state index in [1.54, 1.807) is 6.92 Å². The van der Waals surface area contributed by atoms with Crippen LogP contribution >= 0.6 is 0 Å². The van der Waals surface area contributed by atoms with Crippen molar-refractivity contribution in [1.29, 1.82) is 0 Å². The van der Waals surface area contributed by atoms with E-state index < -0.39 is 6.10 Å². The predicted octanol–water partition coefficient (Wildman–Crippen LogP) is 3.90. The quantitative estimate of drug-likeness (QED) is 0.560. The molecule has 0 aliphatic heterocycles. The summed E-state index contributed by atoms with van der Waals surface area (Å²) in [4.78, 5) is 0. The van der Waals surface area contributed by atoms with E-state index in [0.717, 1.165) is 11.3 Å². The number of rotatable bonds is 9. The zero-order valence-electron chi connectivity index (χ0n) is 14.1. The molecule has 2 aromatic carbocycles. The number of hydrogen-bond acceptors (Lipinski definition) is 4. The minimum Gasteiger partial charge on any atom is -0.491 e. The predicted molar refractivity (Wildman–Crippen MR) is 95.1 cm³/mol. The Morgan fingerprint density at radius 3 is 2.25 bits per heavy atom. The third-order valence-corrected chi connectivity index (χ3v) is 3.48. The summed E-state index contributed by atoms with van der Waals surface area (Å²) in [5.41, 5.74) is 1.58. The third kappa shape index (κ3) is 5.72. The average Bonchev–Trinajstić information content (AvgIpc) is 2.59. The zero-order chi connectivity index (χ0) is 17.4. The summed E-state index contributed by atoms with van der Waals surface area (Å²) < 4.78 is 16.8. The summed E-state index contributed by atoms with van der Waals surface area (Å²) in [6.07, 6.45) is -0.946. The van der Waals surface area contributed by atoms with E-state index in [9.17, 15) is 5.11 Å². The molecular weight excluding hydrogens is 304 g/mol. The number of ether oxygens (including phenoxy) is 3. The zero-order valence-corrected chi connectivity index (χ0v) is 14.1. The molecule has 0 saturated carbocycles. The molecule has 0 spiro atoms. The minimum absolute atomic E-state index is 0.379. The first-order valence-electron chi connectivity index (χ1n) is 7.99. The number of benzene rings is 2. The lowest BCUT2D eigenvalue weighted by Gasteiger charge is -2.16. The van der Waals surface area contributed by atoms with Gasteiger partial charge in [0.2, 0.25) is 0 Å². The summed E-state index contributed by atoms with van der Waals surface area (Å²) in [6, 6.07) is 17.0. The van der Waals surface area contributed by atoms with Gasteiger partial charge < -0.3 is 19.3 Å². The molecule has 2 atom stereocenters. The maximum Gasteiger partial charge on any atom is 0.197 e. The molecule has 0 aromatic heterocycles. The Morgan fingerprint density at radius 2 is 1.62 bits per heavy atom. The third-order valence-electron chi connectivity index (χ3n) is 3.48. The Kier molecular flexibility index (Phi) is 6.85. The molecule has 24 heavy (non-hydrogen) atoms. The normalized spacial score (nSPS) is 13.1. The second-order valence-electron chi connectivity index (χ2n) is 5.44. The molecule has 0 fully saturated rings. The number of aliphatic hydroxyl groups is 1. The van der Waals surface area contributed by atoms with Crippen LogP contribution in [-0.2, 0) is 4.74 Å². The molecule has 0 amide bonds. The first-order valence-corrected chi connectivity index (χ1v) is 7.99. The molecule has 1 N–H and O–H groups in total. The smallest absolute Gasteiger partial charge is 0.197 e. The van der Waals surface area contributed by atoms with Crippen molar-refractivity contribution in [1.82, 2.24) is 0 Å². The van der Waals surface area contributed by atoms with Crippen molar-refractivity contribution >= 4 is 5.57 Å². The van der Waals surface area contributed by atoms with Gasteiger partial charge in [0.1, 0.15) is 18.1 Å². The monoisotopic (exact) mass is 328 g/mol. The molecule has 0 heterocycles. The van der Waals surface area contributed by atoms with Gasteiger partial charge in [0, 0.05) is 0 Å². The van der Waals surface area contributed by atoms with Crippen LogP contribution in [0.4, 0.5) is 0 Å². The van der Waals surface area contributed by atoms with Crippen molar-refractivity contribution in [3.63, 3.8) is 0 Å². The van der Waals surface area contributed by atoms with Gasteiger partial charge in [-0.05, 0) is 49.2 Å². The molecule has 4 nitrogen and oxygen atoms in total.